The highest BCUT2D eigenvalue weighted by Crippen LogP contribution is 2.49. The van der Waals surface area contributed by atoms with E-state index in [-0.39, 0.29) is 5.41 Å². The van der Waals surface area contributed by atoms with E-state index in [1.165, 1.54) is 57.2 Å². The molecule has 1 atom stereocenters. The van der Waals surface area contributed by atoms with E-state index < -0.39 is 0 Å². The molecule has 3 saturated heterocycles. The molecule has 184 valence electrons. The highest BCUT2D eigenvalue weighted by Gasteiger charge is 2.50. The molecule has 1 aromatic carbocycles. The number of nitrogens with zero attached hydrogens (tertiary/aromatic N) is 4. The number of benzene rings is 1. The van der Waals surface area contributed by atoms with Crippen LogP contribution in [0.3, 0.4) is 0 Å². The van der Waals surface area contributed by atoms with E-state index in [0.29, 0.717) is 17.3 Å². The molecule has 0 unspecified atom stereocenters. The smallest absolute Gasteiger partial charge is 0.317 e. The van der Waals surface area contributed by atoms with E-state index in [1.54, 1.807) is 0 Å². The predicted molar refractivity (Wildman–Crippen MR) is 130 cm³/mol. The lowest BCUT2D eigenvalue weighted by Gasteiger charge is -2.48. The molecule has 1 spiro atoms. The van der Waals surface area contributed by atoms with E-state index in [0.717, 1.165) is 57.5 Å². The second-order valence-electron chi connectivity index (χ2n) is 11.5. The maximum Gasteiger partial charge on any atom is 0.317 e. The molecule has 0 bridgehead atoms. The first-order valence-electron chi connectivity index (χ1n) is 13.2. The average molecular weight is 467 g/mol. The zero-order chi connectivity index (χ0) is 23.0. The van der Waals surface area contributed by atoms with Crippen LogP contribution in [0, 0.1) is 10.8 Å². The van der Waals surface area contributed by atoms with E-state index in [9.17, 15) is 0 Å². The van der Waals surface area contributed by atoms with Gasteiger partial charge in [-0.3, -0.25) is 0 Å². The first kappa shape index (κ1) is 22.4. The van der Waals surface area contributed by atoms with Crippen LogP contribution in [0.5, 0.6) is 5.75 Å². The largest absolute Gasteiger partial charge is 0.493 e. The summed E-state index contributed by atoms with van der Waals surface area (Å²) < 4.78 is 17.4. The second kappa shape index (κ2) is 9.15. The molecule has 7 heteroatoms. The first-order valence-corrected chi connectivity index (χ1v) is 13.2. The Morgan fingerprint density at radius 1 is 1.06 bits per heavy atom. The minimum Gasteiger partial charge on any atom is -0.493 e. The van der Waals surface area contributed by atoms with Gasteiger partial charge >= 0.3 is 6.01 Å². The molecule has 1 saturated carbocycles. The number of anilines is 1. The van der Waals surface area contributed by atoms with Crippen molar-refractivity contribution in [3.63, 3.8) is 0 Å². The summed E-state index contributed by atoms with van der Waals surface area (Å²) in [4.78, 5) is 5.01. The number of piperidine rings is 1. The monoisotopic (exact) mass is 466 g/mol. The van der Waals surface area contributed by atoms with Gasteiger partial charge in [-0.05, 0) is 75.6 Å². The molecule has 1 aromatic heterocycles. The van der Waals surface area contributed by atoms with Gasteiger partial charge in [0.2, 0.25) is 6.39 Å². The van der Waals surface area contributed by atoms with Gasteiger partial charge in [0.25, 0.3) is 0 Å². The van der Waals surface area contributed by atoms with Crippen molar-refractivity contribution in [1.82, 2.24) is 15.1 Å². The fraction of sp³-hybridized carbons (Fsp3) is 0.704. The summed E-state index contributed by atoms with van der Waals surface area (Å²) in [5.41, 5.74) is 2.10. The maximum atomic E-state index is 6.46. The molecule has 2 aromatic rings. The number of likely N-dealkylation sites (tertiary alicyclic amines) is 1. The summed E-state index contributed by atoms with van der Waals surface area (Å²) in [7, 11) is 0. The number of ether oxygens (including phenoxy) is 2. The van der Waals surface area contributed by atoms with Gasteiger partial charge in [-0.15, -0.1) is 5.10 Å². The molecule has 4 fully saturated rings. The summed E-state index contributed by atoms with van der Waals surface area (Å²) in [6, 6.07) is 10.2. The number of hydrogen-bond donors (Lipinski definition) is 0. The summed E-state index contributed by atoms with van der Waals surface area (Å²) >= 11 is 0. The van der Waals surface area contributed by atoms with Crippen LogP contribution in [-0.4, -0.2) is 67.1 Å². The molecule has 34 heavy (non-hydrogen) atoms. The van der Waals surface area contributed by atoms with Gasteiger partial charge in [0.1, 0.15) is 5.75 Å². The van der Waals surface area contributed by atoms with Gasteiger partial charge in [0.05, 0.1) is 6.61 Å². The summed E-state index contributed by atoms with van der Waals surface area (Å²) in [6.45, 7) is 9.38. The number of para-hydroxylation sites is 1. The van der Waals surface area contributed by atoms with Gasteiger partial charge in [-0.25, -0.2) is 0 Å². The van der Waals surface area contributed by atoms with E-state index in [1.807, 2.05) is 0 Å². The fourth-order valence-electron chi connectivity index (χ4n) is 6.76. The molecule has 6 rings (SSSR count). The molecular weight excluding hydrogens is 428 g/mol. The van der Waals surface area contributed by atoms with Gasteiger partial charge < -0.3 is 23.7 Å². The minimum atomic E-state index is 0.230. The lowest BCUT2D eigenvalue weighted by Crippen LogP contribution is -2.56. The van der Waals surface area contributed by atoms with E-state index in [4.69, 9.17) is 13.9 Å². The number of rotatable bonds is 6. The third-order valence-electron chi connectivity index (χ3n) is 9.03. The quantitative estimate of drug-likeness (QED) is 0.621. The van der Waals surface area contributed by atoms with Crippen molar-refractivity contribution in [3.8, 4) is 5.75 Å². The highest BCUT2D eigenvalue weighted by molar-refractivity contribution is 5.37. The van der Waals surface area contributed by atoms with Gasteiger partial charge in [0, 0.05) is 43.2 Å². The summed E-state index contributed by atoms with van der Waals surface area (Å²) in [5.74, 6) is 1.70. The van der Waals surface area contributed by atoms with Crippen LogP contribution in [0.15, 0.2) is 35.1 Å². The van der Waals surface area contributed by atoms with Crippen LogP contribution in [0.2, 0.25) is 0 Å². The summed E-state index contributed by atoms with van der Waals surface area (Å²) in [5, 5.41) is 7.90. The Morgan fingerprint density at radius 3 is 2.62 bits per heavy atom. The third-order valence-corrected chi connectivity index (χ3v) is 9.03. The number of aromatic nitrogens is 2. The standard InChI is InChI=1S/C27H38N4O3/c1-26(10-14-32-15-11-26)19-33-24-5-3-2-4-23(24)21-7-12-30(13-8-21)22-6-9-27(16-22)17-31(18-27)25-29-28-20-34-25/h2-5,20-22H,6-19H2,1H3/t22-/m1/s1. The molecule has 3 aliphatic heterocycles. The molecule has 1 aliphatic carbocycles. The molecule has 0 N–H and O–H groups in total. The summed E-state index contributed by atoms with van der Waals surface area (Å²) in [6.07, 6.45) is 10.0. The maximum absolute atomic E-state index is 6.46. The molecule has 4 heterocycles. The molecule has 0 radical (unpaired) electrons. The molecule has 7 nitrogen and oxygen atoms in total. The first-order chi connectivity index (χ1) is 16.6. The van der Waals surface area contributed by atoms with Crippen molar-refractivity contribution in [2.24, 2.45) is 10.8 Å². The Balaban J connectivity index is 1.02. The van der Waals surface area contributed by atoms with Crippen LogP contribution < -0.4 is 9.64 Å². The highest BCUT2D eigenvalue weighted by atomic mass is 16.5. The lowest BCUT2D eigenvalue weighted by atomic mass is 9.78. The van der Waals surface area contributed by atoms with Crippen molar-refractivity contribution in [1.29, 1.82) is 0 Å². The predicted octanol–water partition coefficient (Wildman–Crippen LogP) is 4.50. The Kier molecular flexibility index (Phi) is 6.02. The Labute approximate surface area is 202 Å². The normalized spacial score (nSPS) is 27.1. The topological polar surface area (TPSA) is 63.9 Å². The van der Waals surface area contributed by atoms with E-state index >= 15 is 0 Å². The van der Waals surface area contributed by atoms with Crippen molar-refractivity contribution in [2.45, 2.75) is 63.8 Å². The zero-order valence-electron chi connectivity index (χ0n) is 20.5. The van der Waals surface area contributed by atoms with Crippen LogP contribution in [0.25, 0.3) is 0 Å². The minimum absolute atomic E-state index is 0.230. The Hall–Kier alpha value is -2.12. The van der Waals surface area contributed by atoms with Crippen molar-refractivity contribution in [3.05, 3.63) is 36.2 Å². The van der Waals surface area contributed by atoms with Gasteiger partial charge in [-0.2, -0.15) is 0 Å². The fourth-order valence-corrected chi connectivity index (χ4v) is 6.76. The Bertz CT molecular complexity index is 945. The van der Waals surface area contributed by atoms with Gasteiger partial charge in [-0.1, -0.05) is 30.2 Å². The van der Waals surface area contributed by atoms with Crippen molar-refractivity contribution in [2.75, 3.05) is 50.9 Å². The Morgan fingerprint density at radius 2 is 1.85 bits per heavy atom. The second-order valence-corrected chi connectivity index (χ2v) is 11.5. The van der Waals surface area contributed by atoms with Crippen molar-refractivity contribution < 1.29 is 13.9 Å². The third kappa shape index (κ3) is 4.44. The SMILES string of the molecule is CC1(COc2ccccc2C2CCN([C@@H]3CCC4(C3)CN(c3nnco3)C4)CC2)CCOCC1. The van der Waals surface area contributed by atoms with Crippen LogP contribution in [0.1, 0.15) is 63.4 Å². The lowest BCUT2D eigenvalue weighted by molar-refractivity contribution is 0.00000566. The molecule has 4 aliphatic rings. The van der Waals surface area contributed by atoms with Crippen molar-refractivity contribution >= 4 is 6.01 Å². The van der Waals surface area contributed by atoms with Crippen LogP contribution >= 0.6 is 0 Å². The van der Waals surface area contributed by atoms with E-state index in [2.05, 4.69) is 51.2 Å². The van der Waals surface area contributed by atoms with Gasteiger partial charge in [0.15, 0.2) is 0 Å². The van der Waals surface area contributed by atoms with Crippen LogP contribution in [-0.2, 0) is 4.74 Å². The number of hydrogen-bond acceptors (Lipinski definition) is 7. The zero-order valence-corrected chi connectivity index (χ0v) is 20.5. The molecule has 0 amide bonds. The van der Waals surface area contributed by atoms with Crippen LogP contribution in [0.4, 0.5) is 6.01 Å². The molecular formula is C27H38N4O3. The average Bonchev–Trinajstić information content (AvgIpc) is 3.53.